The number of halogens is 2. The van der Waals surface area contributed by atoms with Gasteiger partial charge >= 0.3 is 0 Å². The quantitative estimate of drug-likeness (QED) is 0.486. The van der Waals surface area contributed by atoms with E-state index in [1.54, 1.807) is 11.3 Å². The van der Waals surface area contributed by atoms with Crippen molar-refractivity contribution in [2.45, 2.75) is 6.92 Å². The van der Waals surface area contributed by atoms with Crippen LogP contribution < -0.4 is 11.2 Å². The average molecular weight is 357 g/mol. The van der Waals surface area contributed by atoms with E-state index in [1.165, 1.54) is 0 Å². The Labute approximate surface area is 108 Å². The van der Waals surface area contributed by atoms with Crippen LogP contribution in [-0.2, 0) is 0 Å². The van der Waals surface area contributed by atoms with E-state index < -0.39 is 0 Å². The van der Waals surface area contributed by atoms with E-state index in [0.29, 0.717) is 0 Å². The predicted octanol–water partition coefficient (Wildman–Crippen LogP) is 2.83. The summed E-state index contributed by atoms with van der Waals surface area (Å²) in [6.45, 7) is 1.88. The van der Waals surface area contributed by atoms with Gasteiger partial charge in [0.05, 0.1) is 13.3 Å². The fourth-order valence-corrected chi connectivity index (χ4v) is 3.79. The van der Waals surface area contributed by atoms with Gasteiger partial charge in [-0.1, -0.05) is 0 Å². The fourth-order valence-electron chi connectivity index (χ4n) is 0.786. The van der Waals surface area contributed by atoms with Crippen LogP contribution in [0.5, 0.6) is 0 Å². The smallest absolute Gasteiger partial charge is 0.184 e. The van der Waals surface area contributed by atoms with Crippen LogP contribution in [0.1, 0.15) is 12.5 Å². The van der Waals surface area contributed by atoms with Gasteiger partial charge in [-0.25, -0.2) is 0 Å². The van der Waals surface area contributed by atoms with Gasteiger partial charge in [0.2, 0.25) is 0 Å². The summed E-state index contributed by atoms with van der Waals surface area (Å²) >= 11 is 13.1. The van der Waals surface area contributed by atoms with Crippen LogP contribution in [0.3, 0.4) is 0 Å². The maximum absolute atomic E-state index is 5.26. The summed E-state index contributed by atoms with van der Waals surface area (Å²) in [6.07, 6.45) is 0. The van der Waals surface area contributed by atoms with Gasteiger partial charge < -0.3 is 5.73 Å². The second kappa shape index (κ2) is 5.20. The summed E-state index contributed by atoms with van der Waals surface area (Å²) in [5.41, 5.74) is 9.65. The Kier molecular flexibility index (Phi) is 4.49. The number of nitrogens with two attached hydrogens (primary N) is 1. The molecule has 1 aromatic heterocycles. The van der Waals surface area contributed by atoms with Crippen molar-refractivity contribution >= 4 is 66.2 Å². The van der Waals surface area contributed by atoms with E-state index in [9.17, 15) is 0 Å². The van der Waals surface area contributed by atoms with Crippen molar-refractivity contribution in [3.8, 4) is 0 Å². The second-order valence-electron chi connectivity index (χ2n) is 2.41. The Bertz CT molecular complexity index is 386. The highest BCUT2D eigenvalue weighted by molar-refractivity contribution is 9.12. The van der Waals surface area contributed by atoms with Crippen LogP contribution in [0.25, 0.3) is 0 Å². The molecule has 0 aliphatic carbocycles. The zero-order chi connectivity index (χ0) is 10.7. The lowest BCUT2D eigenvalue weighted by Crippen LogP contribution is -2.25. The minimum atomic E-state index is 0.162. The molecule has 0 aliphatic heterocycles. The molecule has 3 N–H and O–H groups in total. The molecule has 0 unspecified atom stereocenters. The fraction of sp³-hybridized carbons (Fsp3) is 0.143. The van der Waals surface area contributed by atoms with Gasteiger partial charge in [0.15, 0.2) is 5.11 Å². The van der Waals surface area contributed by atoms with E-state index in [2.05, 4.69) is 54.6 Å². The molecule has 76 valence electrons. The third kappa shape index (κ3) is 3.30. The van der Waals surface area contributed by atoms with Crippen LogP contribution >= 0.6 is 55.4 Å². The van der Waals surface area contributed by atoms with Crippen molar-refractivity contribution in [1.29, 1.82) is 0 Å². The Morgan fingerprint density at radius 2 is 2.29 bits per heavy atom. The first-order chi connectivity index (χ1) is 6.50. The third-order valence-electron chi connectivity index (χ3n) is 1.38. The van der Waals surface area contributed by atoms with Gasteiger partial charge in [-0.05, 0) is 57.1 Å². The van der Waals surface area contributed by atoms with Crippen LogP contribution in [0.15, 0.2) is 18.7 Å². The first-order valence-corrected chi connectivity index (χ1v) is 6.36. The van der Waals surface area contributed by atoms with Crippen molar-refractivity contribution in [3.05, 3.63) is 19.2 Å². The first kappa shape index (κ1) is 12.1. The highest BCUT2D eigenvalue weighted by atomic mass is 79.9. The lowest BCUT2D eigenvalue weighted by Gasteiger charge is -1.99. The molecular weight excluding hydrogens is 350 g/mol. The molecule has 0 radical (unpaired) electrons. The number of nitrogens with zero attached hydrogens (tertiary/aromatic N) is 1. The van der Waals surface area contributed by atoms with Crippen LogP contribution in [0.2, 0.25) is 0 Å². The SMILES string of the molecule is C/C(=N\NC(N)=S)c1cc(Br)sc1Br. The number of hydrogen-bond acceptors (Lipinski definition) is 3. The van der Waals surface area contributed by atoms with Crippen LogP contribution in [0, 0.1) is 0 Å². The Hall–Kier alpha value is 0.0200. The van der Waals surface area contributed by atoms with Gasteiger partial charge in [-0.2, -0.15) is 5.10 Å². The molecule has 0 saturated carbocycles. The van der Waals surface area contributed by atoms with Crippen molar-refractivity contribution < 1.29 is 0 Å². The maximum atomic E-state index is 5.26. The van der Waals surface area contributed by atoms with Crippen molar-refractivity contribution in [3.63, 3.8) is 0 Å². The van der Waals surface area contributed by atoms with E-state index >= 15 is 0 Å². The molecule has 0 aliphatic rings. The second-order valence-corrected chi connectivity index (χ2v) is 6.60. The molecule has 1 heterocycles. The van der Waals surface area contributed by atoms with E-state index in [4.69, 9.17) is 5.73 Å². The lowest BCUT2D eigenvalue weighted by atomic mass is 10.2. The molecule has 14 heavy (non-hydrogen) atoms. The number of nitrogens with one attached hydrogen (secondary N) is 1. The monoisotopic (exact) mass is 355 g/mol. The number of hydrogen-bond donors (Lipinski definition) is 2. The van der Waals surface area contributed by atoms with E-state index in [-0.39, 0.29) is 5.11 Å². The highest BCUT2D eigenvalue weighted by Crippen LogP contribution is 2.32. The zero-order valence-corrected chi connectivity index (χ0v) is 12.0. The minimum Gasteiger partial charge on any atom is -0.375 e. The van der Waals surface area contributed by atoms with Crippen LogP contribution in [0.4, 0.5) is 0 Å². The molecule has 7 heteroatoms. The molecule has 0 bridgehead atoms. The Morgan fingerprint density at radius 1 is 1.64 bits per heavy atom. The largest absolute Gasteiger partial charge is 0.375 e. The van der Waals surface area contributed by atoms with Gasteiger partial charge in [0.25, 0.3) is 0 Å². The highest BCUT2D eigenvalue weighted by Gasteiger charge is 2.07. The van der Waals surface area contributed by atoms with E-state index in [0.717, 1.165) is 18.8 Å². The normalized spacial score (nSPS) is 11.5. The van der Waals surface area contributed by atoms with Crippen molar-refractivity contribution in [2.24, 2.45) is 10.8 Å². The topological polar surface area (TPSA) is 50.4 Å². The van der Waals surface area contributed by atoms with Crippen molar-refractivity contribution in [2.75, 3.05) is 0 Å². The summed E-state index contributed by atoms with van der Waals surface area (Å²) in [5.74, 6) is 0. The predicted molar refractivity (Wildman–Crippen MR) is 71.9 cm³/mol. The average Bonchev–Trinajstić information content (AvgIpc) is 2.41. The molecule has 1 aromatic rings. The van der Waals surface area contributed by atoms with Crippen molar-refractivity contribution in [1.82, 2.24) is 5.43 Å². The third-order valence-corrected chi connectivity index (χ3v) is 3.81. The van der Waals surface area contributed by atoms with Gasteiger partial charge in [0, 0.05) is 5.56 Å². The number of rotatable bonds is 2. The van der Waals surface area contributed by atoms with Gasteiger partial charge in [-0.3, -0.25) is 5.43 Å². The zero-order valence-electron chi connectivity index (χ0n) is 7.17. The van der Waals surface area contributed by atoms with Gasteiger partial charge in [-0.15, -0.1) is 11.3 Å². The molecular formula is C7H7Br2N3S2. The summed E-state index contributed by atoms with van der Waals surface area (Å²) in [7, 11) is 0. The molecule has 0 saturated heterocycles. The molecule has 0 aromatic carbocycles. The number of hydrazone groups is 1. The summed E-state index contributed by atoms with van der Waals surface area (Å²) in [6, 6.07) is 1.98. The summed E-state index contributed by atoms with van der Waals surface area (Å²) < 4.78 is 2.07. The molecule has 1 rings (SSSR count). The standard InChI is InChI=1S/C7H7Br2N3S2/c1-3(11-12-7(10)13)4-2-5(8)14-6(4)9/h2H,1H3,(H3,10,12,13)/b11-3+. The Balaban J connectivity index is 2.88. The molecule has 0 fully saturated rings. The molecule has 3 nitrogen and oxygen atoms in total. The van der Waals surface area contributed by atoms with Crippen LogP contribution in [-0.4, -0.2) is 10.8 Å². The molecule has 0 spiro atoms. The molecule has 0 atom stereocenters. The van der Waals surface area contributed by atoms with Gasteiger partial charge in [0.1, 0.15) is 0 Å². The maximum Gasteiger partial charge on any atom is 0.184 e. The summed E-state index contributed by atoms with van der Waals surface area (Å²) in [5, 5.41) is 4.19. The number of thiocarbonyl (C=S) groups is 1. The summed E-state index contributed by atoms with van der Waals surface area (Å²) in [4.78, 5) is 0. The van der Waals surface area contributed by atoms with E-state index in [1.807, 2.05) is 13.0 Å². The number of thiophene rings is 1. The first-order valence-electron chi connectivity index (χ1n) is 3.55. The lowest BCUT2D eigenvalue weighted by molar-refractivity contribution is 1.03. The molecule has 0 amide bonds. The Morgan fingerprint density at radius 3 is 2.71 bits per heavy atom. The minimum absolute atomic E-state index is 0.162.